The van der Waals surface area contributed by atoms with Crippen molar-refractivity contribution in [3.8, 4) is 0 Å². The van der Waals surface area contributed by atoms with E-state index in [0.29, 0.717) is 11.6 Å². The van der Waals surface area contributed by atoms with E-state index in [1.54, 1.807) is 0 Å². The Hall–Kier alpha value is -0.130. The fourth-order valence-corrected chi connectivity index (χ4v) is 4.05. The minimum Gasteiger partial charge on any atom is -0.315 e. The van der Waals surface area contributed by atoms with E-state index in [0.717, 1.165) is 6.42 Å². The van der Waals surface area contributed by atoms with Crippen molar-refractivity contribution in [1.29, 1.82) is 0 Å². The Labute approximate surface area is 137 Å². The second-order valence-corrected chi connectivity index (χ2v) is 7.48. The van der Waals surface area contributed by atoms with Crippen molar-refractivity contribution in [2.75, 3.05) is 21.1 Å². The van der Waals surface area contributed by atoms with Crippen molar-refractivity contribution in [3.63, 3.8) is 0 Å². The molecule has 3 heteroatoms. The lowest BCUT2D eigenvalue weighted by atomic mass is 9.73. The molecule has 20 heavy (non-hydrogen) atoms. The summed E-state index contributed by atoms with van der Waals surface area (Å²) in [7, 11) is 6.63. The standard InChI is InChI=1S/C17H27IN2/c1-19-16(13-14-7-9-15(18)10-8-14)17(20(2)3)11-5-4-6-12-17/h7-10,16,19H,4-6,11-13H2,1-3H3. The number of hydrogen-bond acceptors (Lipinski definition) is 2. The molecule has 1 saturated carbocycles. The van der Waals surface area contributed by atoms with Gasteiger partial charge in [-0.25, -0.2) is 0 Å². The predicted octanol–water partition coefficient (Wildman–Crippen LogP) is 3.69. The average Bonchev–Trinajstić information content (AvgIpc) is 2.47. The average molecular weight is 386 g/mol. The third kappa shape index (κ3) is 3.55. The monoisotopic (exact) mass is 386 g/mol. The number of nitrogens with zero attached hydrogens (tertiary/aromatic N) is 1. The highest BCUT2D eigenvalue weighted by molar-refractivity contribution is 14.1. The molecule has 0 aliphatic heterocycles. The summed E-state index contributed by atoms with van der Waals surface area (Å²) >= 11 is 2.37. The number of nitrogens with one attached hydrogen (secondary N) is 1. The third-order valence-corrected chi connectivity index (χ3v) is 5.68. The third-order valence-electron chi connectivity index (χ3n) is 4.96. The van der Waals surface area contributed by atoms with Crippen molar-refractivity contribution in [2.24, 2.45) is 0 Å². The van der Waals surface area contributed by atoms with Crippen LogP contribution in [-0.4, -0.2) is 37.6 Å². The van der Waals surface area contributed by atoms with Crippen molar-refractivity contribution in [2.45, 2.75) is 50.1 Å². The highest BCUT2D eigenvalue weighted by atomic mass is 127. The van der Waals surface area contributed by atoms with Crippen LogP contribution in [0, 0.1) is 3.57 Å². The van der Waals surface area contributed by atoms with Crippen molar-refractivity contribution >= 4 is 22.6 Å². The van der Waals surface area contributed by atoms with Gasteiger partial charge in [0.05, 0.1) is 0 Å². The van der Waals surface area contributed by atoms with Gasteiger partial charge in [-0.3, -0.25) is 0 Å². The van der Waals surface area contributed by atoms with Crippen LogP contribution in [0.5, 0.6) is 0 Å². The second kappa shape index (κ2) is 7.23. The summed E-state index contributed by atoms with van der Waals surface area (Å²) in [5.41, 5.74) is 1.76. The first-order chi connectivity index (χ1) is 9.58. The summed E-state index contributed by atoms with van der Waals surface area (Å²) in [4.78, 5) is 2.47. The molecule has 0 saturated heterocycles. The summed E-state index contributed by atoms with van der Waals surface area (Å²) in [6.45, 7) is 0. The molecule has 2 rings (SSSR count). The van der Waals surface area contributed by atoms with Crippen LogP contribution in [0.4, 0.5) is 0 Å². The zero-order valence-electron chi connectivity index (χ0n) is 13.0. The molecular formula is C17H27IN2. The Morgan fingerprint density at radius 2 is 1.75 bits per heavy atom. The molecule has 0 radical (unpaired) electrons. The van der Waals surface area contributed by atoms with Crippen molar-refractivity contribution in [3.05, 3.63) is 33.4 Å². The molecule has 1 aromatic rings. The predicted molar refractivity (Wildman–Crippen MR) is 95.2 cm³/mol. The minimum absolute atomic E-state index is 0.315. The summed E-state index contributed by atoms with van der Waals surface area (Å²) < 4.78 is 1.31. The number of hydrogen-bond donors (Lipinski definition) is 1. The Kier molecular flexibility index (Phi) is 5.87. The van der Waals surface area contributed by atoms with Crippen LogP contribution in [0.1, 0.15) is 37.7 Å². The minimum atomic E-state index is 0.315. The van der Waals surface area contributed by atoms with Gasteiger partial charge in [0, 0.05) is 15.2 Å². The summed E-state index contributed by atoms with van der Waals surface area (Å²) in [6, 6.07) is 9.51. The number of benzene rings is 1. The van der Waals surface area contributed by atoms with Crippen LogP contribution in [-0.2, 0) is 6.42 Å². The van der Waals surface area contributed by atoms with Crippen LogP contribution in [0.3, 0.4) is 0 Å². The molecule has 1 aliphatic rings. The first-order valence-electron chi connectivity index (χ1n) is 7.67. The number of rotatable bonds is 5. The van der Waals surface area contributed by atoms with Gasteiger partial charge < -0.3 is 10.2 Å². The normalized spacial score (nSPS) is 20.1. The van der Waals surface area contributed by atoms with Gasteiger partial charge in [-0.05, 0) is 80.7 Å². The molecule has 112 valence electrons. The highest BCUT2D eigenvalue weighted by Crippen LogP contribution is 2.36. The van der Waals surface area contributed by atoms with E-state index < -0.39 is 0 Å². The maximum atomic E-state index is 3.61. The van der Waals surface area contributed by atoms with Crippen LogP contribution < -0.4 is 5.32 Å². The Bertz CT molecular complexity index is 408. The van der Waals surface area contributed by atoms with Crippen LogP contribution in [0.2, 0.25) is 0 Å². The lowest BCUT2D eigenvalue weighted by Crippen LogP contribution is -2.60. The Morgan fingerprint density at radius 1 is 1.15 bits per heavy atom. The van der Waals surface area contributed by atoms with Gasteiger partial charge in [-0.2, -0.15) is 0 Å². The smallest absolute Gasteiger partial charge is 0.0359 e. The fraction of sp³-hybridized carbons (Fsp3) is 0.647. The molecule has 0 bridgehead atoms. The van der Waals surface area contributed by atoms with Crippen LogP contribution in [0.15, 0.2) is 24.3 Å². The fourth-order valence-electron chi connectivity index (χ4n) is 3.69. The summed E-state index contributed by atoms with van der Waals surface area (Å²) in [5, 5.41) is 3.61. The highest BCUT2D eigenvalue weighted by Gasteiger charge is 2.40. The van der Waals surface area contributed by atoms with Gasteiger partial charge in [0.2, 0.25) is 0 Å². The van der Waals surface area contributed by atoms with Crippen LogP contribution in [0.25, 0.3) is 0 Å². The molecule has 1 N–H and O–H groups in total. The Morgan fingerprint density at radius 3 is 2.25 bits per heavy atom. The summed E-state index contributed by atoms with van der Waals surface area (Å²) in [6.07, 6.45) is 7.87. The topological polar surface area (TPSA) is 15.3 Å². The van der Waals surface area contributed by atoms with Crippen molar-refractivity contribution < 1.29 is 0 Å². The maximum absolute atomic E-state index is 3.61. The lowest BCUT2D eigenvalue weighted by molar-refractivity contribution is 0.0598. The van der Waals surface area contributed by atoms with E-state index in [1.807, 2.05) is 0 Å². The van der Waals surface area contributed by atoms with Gasteiger partial charge in [0.25, 0.3) is 0 Å². The number of halogens is 1. The van der Waals surface area contributed by atoms with E-state index in [4.69, 9.17) is 0 Å². The van der Waals surface area contributed by atoms with E-state index in [9.17, 15) is 0 Å². The molecule has 0 heterocycles. The zero-order valence-corrected chi connectivity index (χ0v) is 15.1. The lowest BCUT2D eigenvalue weighted by Gasteiger charge is -2.48. The zero-order chi connectivity index (χ0) is 14.6. The molecule has 1 atom stereocenters. The molecular weight excluding hydrogens is 359 g/mol. The molecule has 1 fully saturated rings. The largest absolute Gasteiger partial charge is 0.315 e. The van der Waals surface area contributed by atoms with Gasteiger partial charge in [0.15, 0.2) is 0 Å². The molecule has 1 unspecified atom stereocenters. The van der Waals surface area contributed by atoms with Gasteiger partial charge >= 0.3 is 0 Å². The molecule has 1 aliphatic carbocycles. The first kappa shape index (κ1) is 16.2. The quantitative estimate of drug-likeness (QED) is 0.777. The second-order valence-electron chi connectivity index (χ2n) is 6.23. The molecule has 0 aromatic heterocycles. The molecule has 2 nitrogen and oxygen atoms in total. The molecule has 1 aromatic carbocycles. The van der Waals surface area contributed by atoms with Gasteiger partial charge in [0.1, 0.15) is 0 Å². The van der Waals surface area contributed by atoms with Crippen LogP contribution >= 0.6 is 22.6 Å². The summed E-state index contributed by atoms with van der Waals surface area (Å²) in [5.74, 6) is 0. The van der Waals surface area contributed by atoms with E-state index in [1.165, 1.54) is 41.2 Å². The molecule has 0 spiro atoms. The van der Waals surface area contributed by atoms with Gasteiger partial charge in [-0.1, -0.05) is 31.4 Å². The van der Waals surface area contributed by atoms with E-state index >= 15 is 0 Å². The van der Waals surface area contributed by atoms with E-state index in [-0.39, 0.29) is 0 Å². The maximum Gasteiger partial charge on any atom is 0.0359 e. The van der Waals surface area contributed by atoms with Crippen molar-refractivity contribution in [1.82, 2.24) is 10.2 Å². The number of likely N-dealkylation sites (N-methyl/N-ethyl adjacent to an activating group) is 2. The Balaban J connectivity index is 2.18. The van der Waals surface area contributed by atoms with E-state index in [2.05, 4.69) is 78.2 Å². The first-order valence-corrected chi connectivity index (χ1v) is 8.75. The van der Waals surface area contributed by atoms with Gasteiger partial charge in [-0.15, -0.1) is 0 Å². The molecule has 0 amide bonds. The SMILES string of the molecule is CNC(Cc1ccc(I)cc1)C1(N(C)C)CCCCC1.